The van der Waals surface area contributed by atoms with Crippen molar-refractivity contribution >= 4 is 0 Å². The Hall–Kier alpha value is -0.860. The predicted molar refractivity (Wildman–Crippen MR) is 108 cm³/mol. The first-order valence-corrected chi connectivity index (χ1v) is 10.5. The van der Waals surface area contributed by atoms with Crippen molar-refractivity contribution in [3.63, 3.8) is 0 Å². The van der Waals surface area contributed by atoms with Gasteiger partial charge in [0, 0.05) is 19.1 Å². The van der Waals surface area contributed by atoms with Gasteiger partial charge < -0.3 is 9.47 Å². The number of benzene rings is 1. The Labute approximate surface area is 156 Å². The molecule has 1 atom stereocenters. The molecule has 1 rings (SSSR count). The van der Waals surface area contributed by atoms with Crippen LogP contribution in [-0.4, -0.2) is 19.0 Å². The van der Waals surface area contributed by atoms with E-state index >= 15 is 0 Å². The fourth-order valence-corrected chi connectivity index (χ4v) is 3.81. The van der Waals surface area contributed by atoms with Gasteiger partial charge in [-0.3, -0.25) is 0 Å². The van der Waals surface area contributed by atoms with Crippen LogP contribution in [0.5, 0.6) is 0 Å². The first kappa shape index (κ1) is 22.2. The molecule has 2 heteroatoms. The van der Waals surface area contributed by atoms with Gasteiger partial charge in [0.25, 0.3) is 0 Å². The highest BCUT2D eigenvalue weighted by molar-refractivity contribution is 5.15. The second-order valence-corrected chi connectivity index (χ2v) is 6.97. The molecule has 0 amide bonds. The SMILES string of the molecule is CCCCCCCCC(Cc1ccccc1)C(CC)(OCC)OCC. The van der Waals surface area contributed by atoms with Crippen LogP contribution < -0.4 is 0 Å². The standard InChI is InChI=1S/C23H40O2/c1-5-9-10-11-12-16-19-22(20-21-17-14-13-15-18-21)23(6-2,24-7-3)25-8-4/h13-15,17-18,22H,5-12,16,19-20H2,1-4H3. The predicted octanol–water partition coefficient (Wildman–Crippen LogP) is 6.78. The summed E-state index contributed by atoms with van der Waals surface area (Å²) in [5.74, 6) is -0.0334. The van der Waals surface area contributed by atoms with E-state index in [1.54, 1.807) is 0 Å². The smallest absolute Gasteiger partial charge is 0.171 e. The van der Waals surface area contributed by atoms with E-state index in [0.717, 1.165) is 12.8 Å². The fraction of sp³-hybridized carbons (Fsp3) is 0.739. The number of rotatable bonds is 15. The topological polar surface area (TPSA) is 18.5 Å². The van der Waals surface area contributed by atoms with Gasteiger partial charge in [-0.1, -0.05) is 82.7 Å². The number of hydrogen-bond acceptors (Lipinski definition) is 2. The zero-order chi connectivity index (χ0) is 18.4. The average Bonchev–Trinajstić information content (AvgIpc) is 2.64. The van der Waals surface area contributed by atoms with E-state index < -0.39 is 5.79 Å². The van der Waals surface area contributed by atoms with Crippen molar-refractivity contribution in [3.05, 3.63) is 35.9 Å². The van der Waals surface area contributed by atoms with Crippen LogP contribution in [0.15, 0.2) is 30.3 Å². The molecule has 0 aliphatic carbocycles. The molecule has 0 bridgehead atoms. The van der Waals surface area contributed by atoms with Gasteiger partial charge in [-0.05, 0) is 38.7 Å². The molecule has 1 unspecified atom stereocenters. The first-order valence-electron chi connectivity index (χ1n) is 10.5. The van der Waals surface area contributed by atoms with Gasteiger partial charge in [-0.15, -0.1) is 0 Å². The molecule has 0 saturated carbocycles. The van der Waals surface area contributed by atoms with Gasteiger partial charge in [-0.25, -0.2) is 0 Å². The molecule has 0 aliphatic heterocycles. The van der Waals surface area contributed by atoms with Crippen LogP contribution in [-0.2, 0) is 15.9 Å². The lowest BCUT2D eigenvalue weighted by atomic mass is 9.84. The maximum atomic E-state index is 6.23. The Morgan fingerprint density at radius 3 is 1.96 bits per heavy atom. The molecule has 0 heterocycles. The molecule has 1 aromatic rings. The van der Waals surface area contributed by atoms with Crippen molar-refractivity contribution in [2.24, 2.45) is 5.92 Å². The molecule has 0 radical (unpaired) electrons. The minimum absolute atomic E-state index is 0.408. The third-order valence-electron chi connectivity index (χ3n) is 5.12. The lowest BCUT2D eigenvalue weighted by molar-refractivity contribution is -0.266. The summed E-state index contributed by atoms with van der Waals surface area (Å²) in [5.41, 5.74) is 1.38. The third kappa shape index (κ3) is 7.92. The van der Waals surface area contributed by atoms with Gasteiger partial charge >= 0.3 is 0 Å². The zero-order valence-electron chi connectivity index (χ0n) is 17.1. The summed E-state index contributed by atoms with van der Waals surface area (Å²) in [5, 5.41) is 0. The molecule has 0 saturated heterocycles. The number of ether oxygens (including phenoxy) is 2. The lowest BCUT2D eigenvalue weighted by Gasteiger charge is -2.40. The summed E-state index contributed by atoms with van der Waals surface area (Å²) in [4.78, 5) is 0. The molecule has 0 fully saturated rings. The largest absolute Gasteiger partial charge is 0.350 e. The Bertz CT molecular complexity index is 409. The average molecular weight is 349 g/mol. The van der Waals surface area contributed by atoms with E-state index in [-0.39, 0.29) is 0 Å². The van der Waals surface area contributed by atoms with Crippen LogP contribution >= 0.6 is 0 Å². The van der Waals surface area contributed by atoms with E-state index in [9.17, 15) is 0 Å². The molecule has 2 nitrogen and oxygen atoms in total. The first-order chi connectivity index (χ1) is 12.2. The van der Waals surface area contributed by atoms with Gasteiger partial charge in [0.05, 0.1) is 0 Å². The van der Waals surface area contributed by atoms with Gasteiger partial charge in [0.1, 0.15) is 0 Å². The second kappa shape index (κ2) is 13.4. The fourth-order valence-electron chi connectivity index (χ4n) is 3.81. The number of unbranched alkanes of at least 4 members (excludes halogenated alkanes) is 5. The van der Waals surface area contributed by atoms with Crippen LogP contribution in [0.2, 0.25) is 0 Å². The summed E-state index contributed by atoms with van der Waals surface area (Å²) in [6.07, 6.45) is 11.1. The summed E-state index contributed by atoms with van der Waals surface area (Å²) in [7, 11) is 0. The molecule has 1 aromatic carbocycles. The van der Waals surface area contributed by atoms with Crippen LogP contribution in [0.3, 0.4) is 0 Å². The van der Waals surface area contributed by atoms with Crippen LogP contribution in [0.1, 0.15) is 84.6 Å². The highest BCUT2D eigenvalue weighted by Gasteiger charge is 2.38. The highest BCUT2D eigenvalue weighted by atomic mass is 16.7. The van der Waals surface area contributed by atoms with E-state index in [1.165, 1.54) is 50.5 Å². The Kier molecular flexibility index (Phi) is 11.9. The maximum Gasteiger partial charge on any atom is 0.171 e. The highest BCUT2D eigenvalue weighted by Crippen LogP contribution is 2.34. The van der Waals surface area contributed by atoms with E-state index in [0.29, 0.717) is 19.1 Å². The molecule has 0 N–H and O–H groups in total. The van der Waals surface area contributed by atoms with Gasteiger partial charge in [0.15, 0.2) is 5.79 Å². The van der Waals surface area contributed by atoms with Gasteiger partial charge in [0.2, 0.25) is 0 Å². The summed E-state index contributed by atoms with van der Waals surface area (Å²) in [6.45, 7) is 10.0. The number of hydrogen-bond donors (Lipinski definition) is 0. The van der Waals surface area contributed by atoms with E-state index in [4.69, 9.17) is 9.47 Å². The van der Waals surface area contributed by atoms with Crippen LogP contribution in [0.25, 0.3) is 0 Å². The van der Waals surface area contributed by atoms with E-state index in [2.05, 4.69) is 58.0 Å². The molecule has 0 aliphatic rings. The molecule has 0 aromatic heterocycles. The quantitative estimate of drug-likeness (QED) is 0.257. The van der Waals surface area contributed by atoms with E-state index in [1.807, 2.05) is 0 Å². The molecule has 144 valence electrons. The van der Waals surface area contributed by atoms with Crippen LogP contribution in [0, 0.1) is 5.92 Å². The lowest BCUT2D eigenvalue weighted by Crippen LogP contribution is -2.44. The van der Waals surface area contributed by atoms with Crippen molar-refractivity contribution in [2.45, 2.75) is 91.3 Å². The van der Waals surface area contributed by atoms with Crippen molar-refractivity contribution in [1.29, 1.82) is 0 Å². The third-order valence-corrected chi connectivity index (χ3v) is 5.12. The second-order valence-electron chi connectivity index (χ2n) is 6.97. The molecule has 25 heavy (non-hydrogen) atoms. The molecular formula is C23H40O2. The summed E-state index contributed by atoms with van der Waals surface area (Å²) < 4.78 is 12.5. The van der Waals surface area contributed by atoms with Crippen molar-refractivity contribution in [2.75, 3.05) is 13.2 Å². The van der Waals surface area contributed by atoms with Gasteiger partial charge in [-0.2, -0.15) is 0 Å². The molecule has 0 spiro atoms. The van der Waals surface area contributed by atoms with Crippen molar-refractivity contribution in [3.8, 4) is 0 Å². The Balaban J connectivity index is 2.77. The monoisotopic (exact) mass is 348 g/mol. The summed E-state index contributed by atoms with van der Waals surface area (Å²) in [6, 6.07) is 10.8. The van der Waals surface area contributed by atoms with Crippen molar-refractivity contribution in [1.82, 2.24) is 0 Å². The summed E-state index contributed by atoms with van der Waals surface area (Å²) >= 11 is 0. The Morgan fingerprint density at radius 1 is 0.800 bits per heavy atom. The zero-order valence-corrected chi connectivity index (χ0v) is 17.1. The minimum atomic E-state index is -0.442. The van der Waals surface area contributed by atoms with Crippen molar-refractivity contribution < 1.29 is 9.47 Å². The Morgan fingerprint density at radius 2 is 1.40 bits per heavy atom. The molecular weight excluding hydrogens is 308 g/mol. The van der Waals surface area contributed by atoms with Crippen LogP contribution in [0.4, 0.5) is 0 Å². The maximum absolute atomic E-state index is 6.23. The normalized spacial score (nSPS) is 13.1. The minimum Gasteiger partial charge on any atom is -0.350 e.